The molecule has 2 aromatic carbocycles. The van der Waals surface area contributed by atoms with Gasteiger partial charge in [-0.2, -0.15) is 14.1 Å². The zero-order valence-electron chi connectivity index (χ0n) is 21.9. The number of methoxy groups -OCH3 is 2. The fourth-order valence-corrected chi connectivity index (χ4v) is 6.65. The lowest BCUT2D eigenvalue weighted by Gasteiger charge is -2.36. The van der Waals surface area contributed by atoms with Crippen molar-refractivity contribution in [3.63, 3.8) is 0 Å². The summed E-state index contributed by atoms with van der Waals surface area (Å²) < 4.78 is 46.3. The maximum absolute atomic E-state index is 13.6. The first-order valence-corrected chi connectivity index (χ1v) is 14.7. The van der Waals surface area contributed by atoms with E-state index in [1.54, 1.807) is 36.5 Å². The van der Waals surface area contributed by atoms with Gasteiger partial charge < -0.3 is 19.1 Å². The van der Waals surface area contributed by atoms with E-state index in [2.05, 4.69) is 5.10 Å². The number of benzene rings is 2. The molecule has 12 heteroatoms. The molecule has 1 aliphatic heterocycles. The van der Waals surface area contributed by atoms with Crippen LogP contribution < -0.4 is 24.7 Å². The number of anilines is 1. The summed E-state index contributed by atoms with van der Waals surface area (Å²) in [4.78, 5) is 15.7. The number of halogens is 1. The van der Waals surface area contributed by atoms with Crippen LogP contribution in [0.15, 0.2) is 58.4 Å². The predicted octanol–water partition coefficient (Wildman–Crippen LogP) is 3.74. The van der Waals surface area contributed by atoms with Gasteiger partial charge in [-0.3, -0.25) is 4.79 Å². The molecule has 1 saturated carbocycles. The van der Waals surface area contributed by atoms with Crippen molar-refractivity contribution in [2.24, 2.45) is 0 Å². The van der Waals surface area contributed by atoms with Crippen LogP contribution in [0.25, 0.3) is 5.69 Å². The van der Waals surface area contributed by atoms with Gasteiger partial charge in [0.15, 0.2) is 11.5 Å². The van der Waals surface area contributed by atoms with Gasteiger partial charge in [0.05, 0.1) is 37.1 Å². The lowest BCUT2D eigenvalue weighted by atomic mass is 10.2. The zero-order chi connectivity index (χ0) is 27.6. The first-order valence-electron chi connectivity index (χ1n) is 12.8. The van der Waals surface area contributed by atoms with Gasteiger partial charge in [-0.25, -0.2) is 8.42 Å². The summed E-state index contributed by atoms with van der Waals surface area (Å²) >= 11 is 6.15. The summed E-state index contributed by atoms with van der Waals surface area (Å²) in [5.74, 6) is 1.03. The molecule has 3 aromatic rings. The number of hydrogen-bond donors (Lipinski definition) is 0. The summed E-state index contributed by atoms with van der Waals surface area (Å²) in [5.41, 5.74) is 0.733. The summed E-state index contributed by atoms with van der Waals surface area (Å²) in [6, 6.07) is 11.5. The van der Waals surface area contributed by atoms with Crippen molar-refractivity contribution in [3.05, 3.63) is 64.0 Å². The highest BCUT2D eigenvalue weighted by Crippen LogP contribution is 2.33. The van der Waals surface area contributed by atoms with Crippen molar-refractivity contribution in [3.8, 4) is 22.9 Å². The normalized spacial score (nSPS) is 16.8. The summed E-state index contributed by atoms with van der Waals surface area (Å²) in [5, 5.41) is 4.91. The van der Waals surface area contributed by atoms with E-state index < -0.39 is 10.0 Å². The predicted molar refractivity (Wildman–Crippen MR) is 148 cm³/mol. The van der Waals surface area contributed by atoms with Crippen molar-refractivity contribution in [1.82, 2.24) is 14.1 Å². The standard InChI is InChI=1S/C27H31ClN4O6S/c1-36-24-11-10-22(17-25(24)37-2)39(34,35)31-14-12-30(13-15-31)23-18-29-32(20-7-5-6-19(28)16-20)27(33)26(23)38-21-8-3-4-9-21/h5-7,10-11,16-18,21H,3-4,8-9,12-15H2,1-2H3. The Hall–Kier alpha value is -3.28. The Bertz CT molecular complexity index is 1500. The highest BCUT2D eigenvalue weighted by molar-refractivity contribution is 7.89. The Morgan fingerprint density at radius 1 is 0.949 bits per heavy atom. The van der Waals surface area contributed by atoms with Gasteiger partial charge in [0.1, 0.15) is 5.69 Å². The maximum Gasteiger partial charge on any atom is 0.316 e. The van der Waals surface area contributed by atoms with Gasteiger partial charge in [-0.15, -0.1) is 0 Å². The van der Waals surface area contributed by atoms with Crippen LogP contribution in [-0.4, -0.2) is 69.0 Å². The molecule has 0 atom stereocenters. The minimum atomic E-state index is -3.76. The quantitative estimate of drug-likeness (QED) is 0.401. The van der Waals surface area contributed by atoms with Gasteiger partial charge in [-0.1, -0.05) is 17.7 Å². The Labute approximate surface area is 232 Å². The van der Waals surface area contributed by atoms with Crippen molar-refractivity contribution >= 4 is 27.3 Å². The SMILES string of the molecule is COc1ccc(S(=O)(=O)N2CCN(c3cnn(-c4cccc(Cl)c4)c(=O)c3OC3CCCC3)CC2)cc1OC. The molecule has 2 aliphatic rings. The second-order valence-electron chi connectivity index (χ2n) is 9.49. The maximum atomic E-state index is 13.6. The molecule has 0 spiro atoms. The average molecular weight is 575 g/mol. The van der Waals surface area contributed by atoms with E-state index in [9.17, 15) is 13.2 Å². The highest BCUT2D eigenvalue weighted by atomic mass is 35.5. The second kappa shape index (κ2) is 11.4. The van der Waals surface area contributed by atoms with Crippen LogP contribution in [0.2, 0.25) is 5.02 Å². The molecule has 1 aromatic heterocycles. The smallest absolute Gasteiger partial charge is 0.316 e. The largest absolute Gasteiger partial charge is 0.493 e. The third-order valence-corrected chi connectivity index (χ3v) is 9.26. The van der Waals surface area contributed by atoms with Gasteiger partial charge in [-0.05, 0) is 56.0 Å². The molecule has 2 fully saturated rings. The average Bonchev–Trinajstić information content (AvgIpc) is 3.47. The van der Waals surface area contributed by atoms with Crippen molar-refractivity contribution < 1.29 is 22.6 Å². The van der Waals surface area contributed by atoms with E-state index in [0.717, 1.165) is 25.7 Å². The van der Waals surface area contributed by atoms with Crippen LogP contribution in [0, 0.1) is 0 Å². The van der Waals surface area contributed by atoms with E-state index >= 15 is 0 Å². The first kappa shape index (κ1) is 27.3. The number of rotatable bonds is 8. The van der Waals surface area contributed by atoms with Crippen molar-refractivity contribution in [2.75, 3.05) is 45.3 Å². The summed E-state index contributed by atoms with van der Waals surface area (Å²) in [6.45, 7) is 1.21. The van der Waals surface area contributed by atoms with E-state index in [1.165, 1.54) is 35.3 Å². The summed E-state index contributed by atoms with van der Waals surface area (Å²) in [7, 11) is -0.800. The molecule has 0 unspecified atom stereocenters. The van der Waals surface area contributed by atoms with E-state index in [0.29, 0.717) is 41.0 Å². The number of hydrogen-bond acceptors (Lipinski definition) is 8. The third-order valence-electron chi connectivity index (χ3n) is 7.13. The Morgan fingerprint density at radius 3 is 2.33 bits per heavy atom. The molecule has 5 rings (SSSR count). The number of piperazine rings is 1. The number of aromatic nitrogens is 2. The molecule has 1 aliphatic carbocycles. The van der Waals surface area contributed by atoms with Crippen LogP contribution in [0.5, 0.6) is 17.2 Å². The monoisotopic (exact) mass is 574 g/mol. The lowest BCUT2D eigenvalue weighted by molar-refractivity contribution is 0.205. The molecule has 0 radical (unpaired) electrons. The Kier molecular flexibility index (Phi) is 8.01. The van der Waals surface area contributed by atoms with Crippen LogP contribution in [0.1, 0.15) is 25.7 Å². The molecule has 1 saturated heterocycles. The van der Waals surface area contributed by atoms with E-state index in [4.69, 9.17) is 25.8 Å². The fourth-order valence-electron chi connectivity index (χ4n) is 5.03. The molecular weight excluding hydrogens is 544 g/mol. The second-order valence-corrected chi connectivity index (χ2v) is 11.9. The Morgan fingerprint density at radius 2 is 1.67 bits per heavy atom. The number of nitrogens with zero attached hydrogens (tertiary/aromatic N) is 4. The zero-order valence-corrected chi connectivity index (χ0v) is 23.4. The summed E-state index contributed by atoms with van der Waals surface area (Å²) in [6.07, 6.45) is 5.45. The van der Waals surface area contributed by atoms with Crippen molar-refractivity contribution in [2.45, 2.75) is 36.7 Å². The number of ether oxygens (including phenoxy) is 3. The van der Waals surface area contributed by atoms with Crippen LogP contribution >= 0.6 is 11.6 Å². The van der Waals surface area contributed by atoms with Gasteiger partial charge in [0.2, 0.25) is 15.8 Å². The van der Waals surface area contributed by atoms with E-state index in [-0.39, 0.29) is 35.4 Å². The minimum absolute atomic E-state index is 0.0432. The number of sulfonamides is 1. The van der Waals surface area contributed by atoms with Crippen LogP contribution in [-0.2, 0) is 10.0 Å². The van der Waals surface area contributed by atoms with Gasteiger partial charge in [0, 0.05) is 37.3 Å². The molecular formula is C27H31ClN4O6S. The van der Waals surface area contributed by atoms with Crippen LogP contribution in [0.3, 0.4) is 0 Å². The highest BCUT2D eigenvalue weighted by Gasteiger charge is 2.32. The van der Waals surface area contributed by atoms with Gasteiger partial charge in [0.25, 0.3) is 0 Å². The van der Waals surface area contributed by atoms with Gasteiger partial charge >= 0.3 is 5.56 Å². The first-order chi connectivity index (χ1) is 18.8. The van der Waals surface area contributed by atoms with E-state index in [1.807, 2.05) is 4.90 Å². The van der Waals surface area contributed by atoms with Crippen molar-refractivity contribution in [1.29, 1.82) is 0 Å². The molecule has 39 heavy (non-hydrogen) atoms. The third kappa shape index (κ3) is 5.57. The molecule has 2 heterocycles. The Balaban J connectivity index is 1.40. The molecule has 0 bridgehead atoms. The molecule has 0 N–H and O–H groups in total. The molecule has 208 valence electrons. The molecule has 0 amide bonds. The lowest BCUT2D eigenvalue weighted by Crippen LogP contribution is -2.49. The molecule has 10 nitrogen and oxygen atoms in total. The topological polar surface area (TPSA) is 103 Å². The van der Waals surface area contributed by atoms with Crippen LogP contribution in [0.4, 0.5) is 5.69 Å². The fraction of sp³-hybridized carbons (Fsp3) is 0.407. The minimum Gasteiger partial charge on any atom is -0.493 e.